The van der Waals surface area contributed by atoms with Crippen LogP contribution in [0.5, 0.6) is 5.75 Å². The van der Waals surface area contributed by atoms with Crippen LogP contribution in [0.2, 0.25) is 0 Å². The van der Waals surface area contributed by atoms with Crippen LogP contribution in [0.3, 0.4) is 0 Å². The van der Waals surface area contributed by atoms with Crippen LogP contribution in [0.4, 0.5) is 0 Å². The summed E-state index contributed by atoms with van der Waals surface area (Å²) in [6.07, 6.45) is 3.66. The fourth-order valence-corrected chi connectivity index (χ4v) is 3.93. The summed E-state index contributed by atoms with van der Waals surface area (Å²) < 4.78 is 11.9. The topological polar surface area (TPSA) is 47.6 Å². The van der Waals surface area contributed by atoms with E-state index in [2.05, 4.69) is 37.4 Å². The van der Waals surface area contributed by atoms with Gasteiger partial charge in [0, 0.05) is 30.7 Å². The van der Waals surface area contributed by atoms with Gasteiger partial charge in [-0.25, -0.2) is 0 Å². The molecule has 4 heteroatoms. The van der Waals surface area contributed by atoms with Crippen LogP contribution in [0, 0.1) is 18.8 Å². The first-order chi connectivity index (χ1) is 11.1. The lowest BCUT2D eigenvalue weighted by atomic mass is 9.81. The van der Waals surface area contributed by atoms with Crippen molar-refractivity contribution in [2.24, 2.45) is 11.8 Å². The number of rotatable bonds is 2. The number of carbonyl (C=O) groups is 1. The van der Waals surface area contributed by atoms with Gasteiger partial charge in [0.1, 0.15) is 11.4 Å². The van der Waals surface area contributed by atoms with Gasteiger partial charge in [0.15, 0.2) is 0 Å². The van der Waals surface area contributed by atoms with Gasteiger partial charge in [-0.15, -0.1) is 0 Å². The molecule has 0 bridgehead atoms. The van der Waals surface area contributed by atoms with Gasteiger partial charge in [0.05, 0.1) is 19.3 Å². The molecule has 1 aromatic rings. The number of hydrogen-bond acceptors (Lipinski definition) is 3. The number of fused-ring (bicyclic) bond motifs is 1. The third kappa shape index (κ3) is 2.85. The van der Waals surface area contributed by atoms with Gasteiger partial charge in [-0.3, -0.25) is 4.79 Å². The number of amides is 1. The molecule has 124 valence electrons. The molecule has 1 aliphatic carbocycles. The van der Waals surface area contributed by atoms with Crippen molar-refractivity contribution in [3.8, 4) is 5.75 Å². The van der Waals surface area contributed by atoms with E-state index in [9.17, 15) is 4.79 Å². The Bertz CT molecular complexity index is 621. The molecule has 2 aliphatic heterocycles. The standard InChI is InChI=1S/C19H25NO3/c1-12-3-4-17-15(9-12)16(20-18(21)14-10-13(14)2)11-19(23-17)5-7-22-8-6-19/h3-4,9,13-14,16H,5-8,10-11H2,1-2H3,(H,20,21)/t13-,14-,16+/m0/s1. The van der Waals surface area contributed by atoms with E-state index in [1.165, 1.54) is 5.56 Å². The van der Waals surface area contributed by atoms with Crippen LogP contribution >= 0.6 is 0 Å². The van der Waals surface area contributed by atoms with Gasteiger partial charge < -0.3 is 14.8 Å². The number of benzene rings is 1. The van der Waals surface area contributed by atoms with Crippen molar-refractivity contribution in [2.75, 3.05) is 13.2 Å². The first-order valence-electron chi connectivity index (χ1n) is 8.74. The van der Waals surface area contributed by atoms with Crippen LogP contribution in [-0.4, -0.2) is 24.7 Å². The van der Waals surface area contributed by atoms with E-state index >= 15 is 0 Å². The second-order valence-corrected chi connectivity index (χ2v) is 7.52. The summed E-state index contributed by atoms with van der Waals surface area (Å²) in [6, 6.07) is 6.35. The Kier molecular flexibility index (Phi) is 3.60. The van der Waals surface area contributed by atoms with Crippen LogP contribution in [0.1, 0.15) is 49.8 Å². The van der Waals surface area contributed by atoms with E-state index < -0.39 is 0 Å². The van der Waals surface area contributed by atoms with E-state index in [1.54, 1.807) is 0 Å². The maximum atomic E-state index is 12.5. The second kappa shape index (κ2) is 5.52. The molecule has 4 rings (SSSR count). The van der Waals surface area contributed by atoms with Crippen molar-refractivity contribution in [3.05, 3.63) is 29.3 Å². The highest BCUT2D eigenvalue weighted by Crippen LogP contribution is 2.45. The van der Waals surface area contributed by atoms with Gasteiger partial charge in [-0.2, -0.15) is 0 Å². The smallest absolute Gasteiger partial charge is 0.223 e. The van der Waals surface area contributed by atoms with Crippen molar-refractivity contribution in [3.63, 3.8) is 0 Å². The van der Waals surface area contributed by atoms with Gasteiger partial charge >= 0.3 is 0 Å². The lowest BCUT2D eigenvalue weighted by Gasteiger charge is -2.44. The Balaban J connectivity index is 1.62. The number of ether oxygens (including phenoxy) is 2. The molecular weight excluding hydrogens is 290 g/mol. The van der Waals surface area contributed by atoms with Crippen LogP contribution in [-0.2, 0) is 9.53 Å². The molecule has 3 atom stereocenters. The van der Waals surface area contributed by atoms with Crippen molar-refractivity contribution in [1.29, 1.82) is 0 Å². The van der Waals surface area contributed by atoms with Crippen molar-refractivity contribution >= 4 is 5.91 Å². The Morgan fingerprint density at radius 2 is 2.04 bits per heavy atom. The second-order valence-electron chi connectivity index (χ2n) is 7.52. The third-order valence-corrected chi connectivity index (χ3v) is 5.61. The zero-order valence-corrected chi connectivity index (χ0v) is 13.9. The van der Waals surface area contributed by atoms with E-state index in [-0.39, 0.29) is 23.5 Å². The lowest BCUT2D eigenvalue weighted by molar-refractivity contribution is -0.124. The van der Waals surface area contributed by atoms with Crippen LogP contribution in [0.15, 0.2) is 18.2 Å². The molecule has 1 aromatic carbocycles. The SMILES string of the molecule is Cc1ccc2c(c1)[C@H](NC(=O)[C@H]1C[C@@H]1C)CC1(CCOCC1)O2. The number of carbonyl (C=O) groups excluding carboxylic acids is 1. The summed E-state index contributed by atoms with van der Waals surface area (Å²) >= 11 is 0. The van der Waals surface area contributed by atoms with Gasteiger partial charge in [-0.1, -0.05) is 24.6 Å². The minimum atomic E-state index is -0.187. The summed E-state index contributed by atoms with van der Waals surface area (Å²) in [4.78, 5) is 12.5. The zero-order chi connectivity index (χ0) is 16.0. The monoisotopic (exact) mass is 315 g/mol. The molecule has 23 heavy (non-hydrogen) atoms. The Labute approximate surface area is 137 Å². The predicted octanol–water partition coefficient (Wildman–Crippen LogP) is 3.14. The highest BCUT2D eigenvalue weighted by molar-refractivity contribution is 5.82. The summed E-state index contributed by atoms with van der Waals surface area (Å²) in [5.41, 5.74) is 2.14. The number of hydrogen-bond donors (Lipinski definition) is 1. The summed E-state index contributed by atoms with van der Waals surface area (Å²) in [6.45, 7) is 5.70. The fourth-order valence-electron chi connectivity index (χ4n) is 3.93. The highest BCUT2D eigenvalue weighted by Gasteiger charge is 2.45. The molecule has 2 heterocycles. The summed E-state index contributed by atoms with van der Waals surface area (Å²) in [5, 5.41) is 3.31. The Morgan fingerprint density at radius 1 is 1.30 bits per heavy atom. The molecular formula is C19H25NO3. The first kappa shape index (κ1) is 15.0. The molecule has 0 aromatic heterocycles. The molecule has 1 saturated carbocycles. The Morgan fingerprint density at radius 3 is 2.74 bits per heavy atom. The molecule has 3 aliphatic rings. The van der Waals surface area contributed by atoms with E-state index in [1.807, 2.05) is 0 Å². The molecule has 0 radical (unpaired) electrons. The van der Waals surface area contributed by atoms with Gasteiger partial charge in [-0.05, 0) is 25.3 Å². The first-order valence-corrected chi connectivity index (χ1v) is 8.74. The van der Waals surface area contributed by atoms with Crippen molar-refractivity contribution < 1.29 is 14.3 Å². The molecule has 4 nitrogen and oxygen atoms in total. The quantitative estimate of drug-likeness (QED) is 0.912. The maximum Gasteiger partial charge on any atom is 0.223 e. The van der Waals surface area contributed by atoms with Gasteiger partial charge in [0.25, 0.3) is 0 Å². The lowest BCUT2D eigenvalue weighted by Crippen LogP contribution is -2.48. The minimum absolute atomic E-state index is 0.0528. The van der Waals surface area contributed by atoms with Crippen LogP contribution < -0.4 is 10.1 Å². The number of aryl methyl sites for hydroxylation is 1. The van der Waals surface area contributed by atoms with Crippen LogP contribution in [0.25, 0.3) is 0 Å². The molecule has 2 fully saturated rings. The zero-order valence-electron chi connectivity index (χ0n) is 13.9. The minimum Gasteiger partial charge on any atom is -0.487 e. The molecule has 0 unspecified atom stereocenters. The highest BCUT2D eigenvalue weighted by atomic mass is 16.5. The largest absolute Gasteiger partial charge is 0.487 e. The average Bonchev–Trinajstić information content (AvgIpc) is 3.26. The fraction of sp³-hybridized carbons (Fsp3) is 0.632. The van der Waals surface area contributed by atoms with Crippen molar-refractivity contribution in [1.82, 2.24) is 5.32 Å². The normalized spacial score (nSPS) is 31.1. The van der Waals surface area contributed by atoms with Crippen molar-refractivity contribution in [2.45, 2.75) is 51.2 Å². The Hall–Kier alpha value is -1.55. The summed E-state index contributed by atoms with van der Waals surface area (Å²) in [5.74, 6) is 1.87. The van der Waals surface area contributed by atoms with Gasteiger partial charge in [0.2, 0.25) is 5.91 Å². The maximum absolute atomic E-state index is 12.5. The summed E-state index contributed by atoms with van der Waals surface area (Å²) in [7, 11) is 0. The third-order valence-electron chi connectivity index (χ3n) is 5.61. The van der Waals surface area contributed by atoms with E-state index in [0.29, 0.717) is 5.92 Å². The molecule has 1 N–H and O–H groups in total. The predicted molar refractivity (Wildman–Crippen MR) is 87.4 cm³/mol. The average molecular weight is 315 g/mol. The number of nitrogens with one attached hydrogen (secondary N) is 1. The molecule has 1 saturated heterocycles. The molecule has 1 amide bonds. The molecule has 1 spiro atoms. The van der Waals surface area contributed by atoms with E-state index in [0.717, 1.165) is 50.2 Å². The van der Waals surface area contributed by atoms with E-state index in [4.69, 9.17) is 9.47 Å².